The van der Waals surface area contributed by atoms with E-state index in [0.29, 0.717) is 23.4 Å². The van der Waals surface area contributed by atoms with Crippen molar-refractivity contribution in [3.8, 4) is 0 Å². The Morgan fingerprint density at radius 1 is 1.38 bits per heavy atom. The average Bonchev–Trinajstić information content (AvgIpc) is 2.77. The van der Waals surface area contributed by atoms with Gasteiger partial charge in [0.1, 0.15) is 11.6 Å². The standard InChI is InChI=1S/C15H19BrClFN2O/c1-2-7-21-8-3-6-20-14-10-12(18)11(16)9-13(14)19-15(20)4-5-17/h9-10H,2-8H2,1H3. The number of imidazole rings is 1. The third-order valence-corrected chi connectivity index (χ3v) is 4.00. The number of hydrogen-bond acceptors (Lipinski definition) is 2. The largest absolute Gasteiger partial charge is 0.381 e. The second-order valence-electron chi connectivity index (χ2n) is 4.84. The fourth-order valence-electron chi connectivity index (χ4n) is 2.27. The Balaban J connectivity index is 2.21. The summed E-state index contributed by atoms with van der Waals surface area (Å²) in [6, 6.07) is 3.24. The molecule has 0 radical (unpaired) electrons. The number of alkyl halides is 1. The fraction of sp³-hybridized carbons (Fsp3) is 0.533. The summed E-state index contributed by atoms with van der Waals surface area (Å²) < 4.78 is 21.7. The highest BCUT2D eigenvalue weighted by Crippen LogP contribution is 2.24. The lowest BCUT2D eigenvalue weighted by molar-refractivity contribution is 0.129. The molecular formula is C15H19BrClFN2O. The number of fused-ring (bicyclic) bond motifs is 1. The molecule has 0 saturated heterocycles. The van der Waals surface area contributed by atoms with Crippen LogP contribution in [0.3, 0.4) is 0 Å². The highest BCUT2D eigenvalue weighted by Gasteiger charge is 2.13. The molecule has 1 aromatic carbocycles. The van der Waals surface area contributed by atoms with Crippen molar-refractivity contribution in [1.82, 2.24) is 9.55 Å². The zero-order chi connectivity index (χ0) is 15.2. The van der Waals surface area contributed by atoms with Gasteiger partial charge in [-0.25, -0.2) is 9.37 Å². The number of nitrogens with zero attached hydrogens (tertiary/aromatic N) is 2. The summed E-state index contributed by atoms with van der Waals surface area (Å²) in [5.74, 6) is 1.12. The number of benzene rings is 1. The zero-order valence-corrected chi connectivity index (χ0v) is 14.4. The summed E-state index contributed by atoms with van der Waals surface area (Å²) in [5, 5.41) is 0. The normalized spacial score (nSPS) is 11.4. The van der Waals surface area contributed by atoms with E-state index >= 15 is 0 Å². The van der Waals surface area contributed by atoms with Crippen LogP contribution in [0.1, 0.15) is 25.6 Å². The smallest absolute Gasteiger partial charge is 0.139 e. The SMILES string of the molecule is CCCOCCCn1c(CCCl)nc2cc(Br)c(F)cc21. The molecule has 2 rings (SSSR count). The van der Waals surface area contributed by atoms with E-state index in [0.717, 1.165) is 42.9 Å². The number of aryl methyl sites for hydroxylation is 2. The van der Waals surface area contributed by atoms with E-state index in [4.69, 9.17) is 16.3 Å². The molecule has 116 valence electrons. The van der Waals surface area contributed by atoms with Crippen molar-refractivity contribution in [1.29, 1.82) is 0 Å². The first kappa shape index (κ1) is 16.7. The second kappa shape index (κ2) is 8.11. The molecule has 0 aliphatic rings. The third kappa shape index (κ3) is 4.18. The van der Waals surface area contributed by atoms with Gasteiger partial charge in [0.15, 0.2) is 0 Å². The van der Waals surface area contributed by atoms with Crippen molar-refractivity contribution in [3.05, 3.63) is 28.2 Å². The molecule has 2 aromatic rings. The molecule has 1 heterocycles. The van der Waals surface area contributed by atoms with Gasteiger partial charge in [-0.3, -0.25) is 0 Å². The van der Waals surface area contributed by atoms with Crippen LogP contribution in [0.2, 0.25) is 0 Å². The predicted molar refractivity (Wildman–Crippen MR) is 87.5 cm³/mol. The molecule has 0 fully saturated rings. The molecule has 0 spiro atoms. The molecule has 0 N–H and O–H groups in total. The maximum Gasteiger partial charge on any atom is 0.139 e. The molecule has 0 saturated carbocycles. The Hall–Kier alpha value is -0.650. The first-order valence-corrected chi connectivity index (χ1v) is 8.48. The molecule has 0 aliphatic carbocycles. The minimum Gasteiger partial charge on any atom is -0.381 e. The van der Waals surface area contributed by atoms with Crippen LogP contribution in [0, 0.1) is 5.82 Å². The first-order chi connectivity index (χ1) is 10.2. The van der Waals surface area contributed by atoms with E-state index in [1.807, 2.05) is 4.57 Å². The number of hydrogen-bond donors (Lipinski definition) is 0. The molecule has 0 atom stereocenters. The van der Waals surface area contributed by atoms with E-state index in [9.17, 15) is 4.39 Å². The maximum atomic E-state index is 13.8. The van der Waals surface area contributed by atoms with E-state index in [1.165, 1.54) is 6.07 Å². The zero-order valence-electron chi connectivity index (χ0n) is 12.0. The Morgan fingerprint density at radius 3 is 2.90 bits per heavy atom. The van der Waals surface area contributed by atoms with Gasteiger partial charge in [-0.05, 0) is 34.8 Å². The number of halogens is 3. The van der Waals surface area contributed by atoms with Crippen molar-refractivity contribution < 1.29 is 9.13 Å². The summed E-state index contributed by atoms with van der Waals surface area (Å²) in [5.41, 5.74) is 1.60. The van der Waals surface area contributed by atoms with Crippen molar-refractivity contribution >= 4 is 38.6 Å². The van der Waals surface area contributed by atoms with Crippen LogP contribution >= 0.6 is 27.5 Å². The maximum absolute atomic E-state index is 13.8. The van der Waals surface area contributed by atoms with Gasteiger partial charge < -0.3 is 9.30 Å². The van der Waals surface area contributed by atoms with E-state index in [2.05, 4.69) is 27.8 Å². The Kier molecular flexibility index (Phi) is 6.45. The van der Waals surface area contributed by atoms with Crippen LogP contribution in [0.4, 0.5) is 4.39 Å². The Morgan fingerprint density at radius 2 is 2.19 bits per heavy atom. The summed E-state index contributed by atoms with van der Waals surface area (Å²) in [6.45, 7) is 4.32. The van der Waals surface area contributed by atoms with Gasteiger partial charge in [0.2, 0.25) is 0 Å². The van der Waals surface area contributed by atoms with Gasteiger partial charge in [0, 0.05) is 38.1 Å². The van der Waals surface area contributed by atoms with Crippen molar-refractivity contribution in [3.63, 3.8) is 0 Å². The van der Waals surface area contributed by atoms with Gasteiger partial charge in [0.05, 0.1) is 15.5 Å². The fourth-order valence-corrected chi connectivity index (χ4v) is 2.77. The van der Waals surface area contributed by atoms with Crippen molar-refractivity contribution in [2.24, 2.45) is 0 Å². The third-order valence-electron chi connectivity index (χ3n) is 3.21. The van der Waals surface area contributed by atoms with E-state index in [1.54, 1.807) is 6.07 Å². The number of rotatable bonds is 8. The number of aromatic nitrogens is 2. The van der Waals surface area contributed by atoms with Gasteiger partial charge in [-0.2, -0.15) is 0 Å². The van der Waals surface area contributed by atoms with Gasteiger partial charge in [-0.15, -0.1) is 11.6 Å². The van der Waals surface area contributed by atoms with E-state index in [-0.39, 0.29) is 5.82 Å². The predicted octanol–water partition coefficient (Wildman–Crippen LogP) is 4.54. The lowest BCUT2D eigenvalue weighted by atomic mass is 10.3. The molecule has 0 aliphatic heterocycles. The quantitative estimate of drug-likeness (QED) is 0.499. The number of ether oxygens (including phenoxy) is 1. The lowest BCUT2D eigenvalue weighted by Crippen LogP contribution is -2.07. The first-order valence-electron chi connectivity index (χ1n) is 7.15. The van der Waals surface area contributed by atoms with Gasteiger partial charge in [0.25, 0.3) is 0 Å². The van der Waals surface area contributed by atoms with E-state index < -0.39 is 0 Å². The summed E-state index contributed by atoms with van der Waals surface area (Å²) in [7, 11) is 0. The highest BCUT2D eigenvalue weighted by atomic mass is 79.9. The lowest BCUT2D eigenvalue weighted by Gasteiger charge is -2.09. The second-order valence-corrected chi connectivity index (χ2v) is 6.07. The highest BCUT2D eigenvalue weighted by molar-refractivity contribution is 9.10. The average molecular weight is 378 g/mol. The minimum absolute atomic E-state index is 0.275. The minimum atomic E-state index is -0.275. The van der Waals surface area contributed by atoms with Crippen LogP contribution in [0.25, 0.3) is 11.0 Å². The molecule has 0 amide bonds. The Labute approximate surface area is 137 Å². The van der Waals surface area contributed by atoms with Gasteiger partial charge >= 0.3 is 0 Å². The monoisotopic (exact) mass is 376 g/mol. The summed E-state index contributed by atoms with van der Waals surface area (Å²) >= 11 is 9.04. The van der Waals surface area contributed by atoms with Crippen LogP contribution in [0.5, 0.6) is 0 Å². The topological polar surface area (TPSA) is 27.1 Å². The van der Waals surface area contributed by atoms with Crippen molar-refractivity contribution in [2.45, 2.75) is 32.7 Å². The van der Waals surface area contributed by atoms with Crippen molar-refractivity contribution in [2.75, 3.05) is 19.1 Å². The molecule has 0 bridgehead atoms. The van der Waals surface area contributed by atoms with Crippen LogP contribution in [-0.4, -0.2) is 28.6 Å². The van der Waals surface area contributed by atoms with Crippen LogP contribution in [0.15, 0.2) is 16.6 Å². The van der Waals surface area contributed by atoms with Gasteiger partial charge in [-0.1, -0.05) is 6.92 Å². The van der Waals surface area contributed by atoms with Crippen LogP contribution in [-0.2, 0) is 17.7 Å². The molecular weight excluding hydrogens is 359 g/mol. The van der Waals surface area contributed by atoms with Crippen LogP contribution < -0.4 is 0 Å². The Bertz CT molecular complexity index is 603. The summed E-state index contributed by atoms with van der Waals surface area (Å²) in [4.78, 5) is 4.56. The summed E-state index contributed by atoms with van der Waals surface area (Å²) in [6.07, 6.45) is 2.56. The molecule has 0 unspecified atom stereocenters. The molecule has 1 aromatic heterocycles. The molecule has 21 heavy (non-hydrogen) atoms. The molecule has 6 heteroatoms. The molecule has 3 nitrogen and oxygen atoms in total.